The van der Waals surface area contributed by atoms with E-state index < -0.39 is 10.0 Å². The van der Waals surface area contributed by atoms with Crippen LogP contribution in [0.25, 0.3) is 0 Å². The SMILES string of the molecule is CCOc1ccccc1S(=O)(=O)NCC1CCN(C(=O)c2cccn(C)c2=O)CC1. The number of para-hydroxylation sites is 1. The number of carbonyl (C=O) groups excluding carboxylic acids is 1. The summed E-state index contributed by atoms with van der Waals surface area (Å²) in [7, 11) is -2.08. The minimum absolute atomic E-state index is 0.113. The van der Waals surface area contributed by atoms with Crippen molar-refractivity contribution < 1.29 is 17.9 Å². The number of likely N-dealkylation sites (tertiary alicyclic amines) is 1. The Morgan fingerprint density at radius 2 is 1.87 bits per heavy atom. The number of hydrogen-bond donors (Lipinski definition) is 1. The number of nitrogens with zero attached hydrogens (tertiary/aromatic N) is 2. The van der Waals surface area contributed by atoms with E-state index in [1.807, 2.05) is 0 Å². The minimum atomic E-state index is -3.70. The molecule has 0 atom stereocenters. The molecule has 1 saturated heterocycles. The lowest BCUT2D eigenvalue weighted by Crippen LogP contribution is -2.43. The second kappa shape index (κ2) is 9.44. The van der Waals surface area contributed by atoms with Gasteiger partial charge in [0.25, 0.3) is 11.5 Å². The average Bonchev–Trinajstić information content (AvgIpc) is 2.75. The molecule has 9 heteroatoms. The standard InChI is InChI=1S/C21H27N3O5S/c1-3-29-18-8-4-5-9-19(18)30(27,28)22-15-16-10-13-24(14-11-16)21(26)17-7-6-12-23(2)20(17)25/h4-9,12,16,22H,3,10-11,13-15H2,1-2H3. The Kier molecular flexibility index (Phi) is 6.94. The molecule has 0 unspecified atom stereocenters. The number of benzene rings is 1. The Morgan fingerprint density at radius 1 is 1.17 bits per heavy atom. The molecular formula is C21H27N3O5S. The highest BCUT2D eigenvalue weighted by Gasteiger charge is 2.27. The molecule has 2 heterocycles. The maximum Gasteiger partial charge on any atom is 0.263 e. The summed E-state index contributed by atoms with van der Waals surface area (Å²) in [5.41, 5.74) is -0.156. The van der Waals surface area contributed by atoms with Crippen LogP contribution >= 0.6 is 0 Å². The van der Waals surface area contributed by atoms with Crippen molar-refractivity contribution in [3.8, 4) is 5.75 Å². The second-order valence-corrected chi connectivity index (χ2v) is 9.04. The molecule has 0 radical (unpaired) electrons. The van der Waals surface area contributed by atoms with Gasteiger partial charge < -0.3 is 14.2 Å². The van der Waals surface area contributed by atoms with Crippen molar-refractivity contribution in [1.82, 2.24) is 14.2 Å². The maximum atomic E-state index is 12.7. The lowest BCUT2D eigenvalue weighted by atomic mass is 9.97. The molecule has 1 amide bonds. The van der Waals surface area contributed by atoms with Gasteiger partial charge in [0.15, 0.2) is 0 Å². The molecule has 0 aliphatic carbocycles. The number of carbonyl (C=O) groups is 1. The number of pyridine rings is 1. The van der Waals surface area contributed by atoms with Crippen LogP contribution < -0.4 is 15.0 Å². The molecule has 8 nitrogen and oxygen atoms in total. The normalized spacial score (nSPS) is 15.2. The van der Waals surface area contributed by atoms with E-state index in [1.54, 1.807) is 55.4 Å². The van der Waals surface area contributed by atoms with Crippen molar-refractivity contribution in [1.29, 1.82) is 0 Å². The van der Waals surface area contributed by atoms with Gasteiger partial charge in [0.1, 0.15) is 16.2 Å². The summed E-state index contributed by atoms with van der Waals surface area (Å²) in [5.74, 6) is 0.167. The Balaban J connectivity index is 1.58. The van der Waals surface area contributed by atoms with Crippen molar-refractivity contribution >= 4 is 15.9 Å². The van der Waals surface area contributed by atoms with Gasteiger partial charge in [-0.25, -0.2) is 13.1 Å². The number of amides is 1. The molecular weight excluding hydrogens is 406 g/mol. The molecule has 1 aromatic heterocycles. The topological polar surface area (TPSA) is 97.7 Å². The summed E-state index contributed by atoms with van der Waals surface area (Å²) in [5, 5.41) is 0. The molecule has 3 rings (SSSR count). The predicted octanol–water partition coefficient (Wildman–Crippen LogP) is 1.61. The molecule has 1 N–H and O–H groups in total. The van der Waals surface area contributed by atoms with Crippen LogP contribution in [0.15, 0.2) is 52.3 Å². The highest BCUT2D eigenvalue weighted by molar-refractivity contribution is 7.89. The van der Waals surface area contributed by atoms with Crippen LogP contribution in [0.5, 0.6) is 5.75 Å². The van der Waals surface area contributed by atoms with Crippen LogP contribution in [0.4, 0.5) is 0 Å². The van der Waals surface area contributed by atoms with E-state index in [0.717, 1.165) is 0 Å². The third-order valence-electron chi connectivity index (χ3n) is 5.26. The summed E-state index contributed by atoms with van der Waals surface area (Å²) in [6, 6.07) is 9.77. The van der Waals surface area contributed by atoms with Gasteiger partial charge in [-0.05, 0) is 49.9 Å². The van der Waals surface area contributed by atoms with Crippen molar-refractivity contribution in [3.05, 3.63) is 58.5 Å². The zero-order chi connectivity index (χ0) is 21.7. The first-order valence-electron chi connectivity index (χ1n) is 10.00. The Hall–Kier alpha value is -2.65. The van der Waals surface area contributed by atoms with Crippen molar-refractivity contribution in [2.45, 2.75) is 24.7 Å². The van der Waals surface area contributed by atoms with E-state index >= 15 is 0 Å². The molecule has 1 fully saturated rings. The Labute approximate surface area is 176 Å². The number of ether oxygens (including phenoxy) is 1. The summed E-state index contributed by atoms with van der Waals surface area (Å²) >= 11 is 0. The zero-order valence-electron chi connectivity index (χ0n) is 17.2. The van der Waals surface area contributed by atoms with Gasteiger partial charge >= 0.3 is 0 Å². The first-order chi connectivity index (χ1) is 14.3. The summed E-state index contributed by atoms with van der Waals surface area (Å²) < 4.78 is 34.9. The highest BCUT2D eigenvalue weighted by Crippen LogP contribution is 2.24. The molecule has 0 bridgehead atoms. The summed E-state index contributed by atoms with van der Waals surface area (Å²) in [4.78, 5) is 26.6. The van der Waals surface area contributed by atoms with E-state index in [0.29, 0.717) is 38.3 Å². The zero-order valence-corrected chi connectivity index (χ0v) is 18.0. The first kappa shape index (κ1) is 22.0. The van der Waals surface area contributed by atoms with Gasteiger partial charge in [0.05, 0.1) is 6.61 Å². The number of sulfonamides is 1. The number of rotatable bonds is 7. The van der Waals surface area contributed by atoms with Crippen LogP contribution in [-0.4, -0.2) is 50.0 Å². The number of piperidine rings is 1. The Bertz CT molecular complexity index is 1060. The van der Waals surface area contributed by atoms with Gasteiger partial charge in [-0.15, -0.1) is 0 Å². The quantitative estimate of drug-likeness (QED) is 0.716. The number of nitrogens with one attached hydrogen (secondary N) is 1. The van der Waals surface area contributed by atoms with Crippen LogP contribution in [0.2, 0.25) is 0 Å². The van der Waals surface area contributed by atoms with Gasteiger partial charge in [-0.3, -0.25) is 9.59 Å². The average molecular weight is 434 g/mol. The van der Waals surface area contributed by atoms with Crippen LogP contribution in [0, 0.1) is 5.92 Å². The van der Waals surface area contributed by atoms with Crippen molar-refractivity contribution in [2.75, 3.05) is 26.2 Å². The molecule has 2 aromatic rings. The fourth-order valence-corrected chi connectivity index (χ4v) is 4.78. The fourth-order valence-electron chi connectivity index (χ4n) is 3.52. The number of hydrogen-bond acceptors (Lipinski definition) is 5. The molecule has 1 aromatic carbocycles. The van der Waals surface area contributed by atoms with Crippen LogP contribution in [-0.2, 0) is 17.1 Å². The van der Waals surface area contributed by atoms with E-state index in [4.69, 9.17) is 4.74 Å². The van der Waals surface area contributed by atoms with Crippen LogP contribution in [0.1, 0.15) is 30.1 Å². The van der Waals surface area contributed by atoms with E-state index in [9.17, 15) is 18.0 Å². The first-order valence-corrected chi connectivity index (χ1v) is 11.5. The van der Waals surface area contributed by atoms with Gasteiger partial charge in [-0.2, -0.15) is 0 Å². The Morgan fingerprint density at radius 3 is 2.57 bits per heavy atom. The van der Waals surface area contributed by atoms with Crippen molar-refractivity contribution in [2.24, 2.45) is 13.0 Å². The lowest BCUT2D eigenvalue weighted by molar-refractivity contribution is 0.0689. The smallest absolute Gasteiger partial charge is 0.263 e. The third kappa shape index (κ3) is 4.91. The molecule has 1 aliphatic rings. The van der Waals surface area contributed by atoms with Crippen molar-refractivity contribution in [3.63, 3.8) is 0 Å². The molecule has 30 heavy (non-hydrogen) atoms. The van der Waals surface area contributed by atoms with Gasteiger partial charge in [-0.1, -0.05) is 12.1 Å². The van der Waals surface area contributed by atoms with E-state index in [1.165, 1.54) is 10.6 Å². The summed E-state index contributed by atoms with van der Waals surface area (Å²) in [6.45, 7) is 3.44. The predicted molar refractivity (Wildman–Crippen MR) is 113 cm³/mol. The fraction of sp³-hybridized carbons (Fsp3) is 0.429. The minimum Gasteiger partial charge on any atom is -0.492 e. The molecule has 1 aliphatic heterocycles. The van der Waals surface area contributed by atoms with E-state index in [2.05, 4.69) is 4.72 Å². The lowest BCUT2D eigenvalue weighted by Gasteiger charge is -2.32. The largest absolute Gasteiger partial charge is 0.492 e. The van der Waals surface area contributed by atoms with E-state index in [-0.39, 0.29) is 34.4 Å². The molecule has 0 spiro atoms. The molecule has 162 valence electrons. The van der Waals surface area contributed by atoms with Crippen LogP contribution in [0.3, 0.4) is 0 Å². The highest BCUT2D eigenvalue weighted by atomic mass is 32.2. The second-order valence-electron chi connectivity index (χ2n) is 7.31. The van der Waals surface area contributed by atoms with Gasteiger partial charge in [0.2, 0.25) is 10.0 Å². The third-order valence-corrected chi connectivity index (χ3v) is 6.72. The maximum absolute atomic E-state index is 12.7. The monoisotopic (exact) mass is 433 g/mol. The number of aromatic nitrogens is 1. The number of aryl methyl sites for hydroxylation is 1. The summed E-state index contributed by atoms with van der Waals surface area (Å²) in [6.07, 6.45) is 2.93. The van der Waals surface area contributed by atoms with Gasteiger partial charge in [0, 0.05) is 32.9 Å². The molecule has 0 saturated carbocycles.